The molecular weight excluding hydrogens is 230 g/mol. The second-order valence-corrected chi connectivity index (χ2v) is 5.44. The first-order chi connectivity index (χ1) is 8.43. The Morgan fingerprint density at radius 3 is 2.67 bits per heavy atom. The van der Waals surface area contributed by atoms with Crippen LogP contribution >= 0.6 is 0 Å². The lowest BCUT2D eigenvalue weighted by molar-refractivity contribution is 0.106. The maximum atomic E-state index is 12.2. The molecule has 2 rings (SSSR count). The molecule has 0 atom stereocenters. The molecule has 1 aromatic rings. The second-order valence-electron chi connectivity index (χ2n) is 5.44. The molecule has 0 aromatic heterocycles. The molecule has 1 heterocycles. The van der Waals surface area contributed by atoms with Gasteiger partial charge < -0.3 is 9.94 Å². The standard InChI is InChI=1S/C14H17NO3/c1-14(2,3)9-4-5-12-10(8-9)13(16)11(15-17)6-7-18-12/h4-5,8,17H,6-7H2,1-3H3/b15-11-. The van der Waals surface area contributed by atoms with Crippen LogP contribution < -0.4 is 4.74 Å². The van der Waals surface area contributed by atoms with Crippen molar-refractivity contribution in [1.82, 2.24) is 0 Å². The van der Waals surface area contributed by atoms with Crippen molar-refractivity contribution in [2.24, 2.45) is 5.16 Å². The van der Waals surface area contributed by atoms with Crippen LogP contribution in [0.25, 0.3) is 0 Å². The topological polar surface area (TPSA) is 58.9 Å². The molecule has 18 heavy (non-hydrogen) atoms. The van der Waals surface area contributed by atoms with Crippen LogP contribution in [-0.2, 0) is 5.41 Å². The minimum atomic E-state index is -0.254. The highest BCUT2D eigenvalue weighted by molar-refractivity contribution is 6.46. The Kier molecular flexibility index (Phi) is 3.11. The molecule has 0 amide bonds. The van der Waals surface area contributed by atoms with Crippen molar-refractivity contribution in [2.45, 2.75) is 32.6 Å². The van der Waals surface area contributed by atoms with Crippen molar-refractivity contribution in [1.29, 1.82) is 0 Å². The summed E-state index contributed by atoms with van der Waals surface area (Å²) in [6, 6.07) is 5.61. The molecule has 4 heteroatoms. The summed E-state index contributed by atoms with van der Waals surface area (Å²) in [5, 5.41) is 11.9. The molecule has 0 aliphatic carbocycles. The number of hydrogen-bond acceptors (Lipinski definition) is 4. The predicted molar refractivity (Wildman–Crippen MR) is 68.8 cm³/mol. The van der Waals surface area contributed by atoms with E-state index in [-0.39, 0.29) is 16.9 Å². The van der Waals surface area contributed by atoms with Gasteiger partial charge in [0.25, 0.3) is 0 Å². The number of oxime groups is 1. The van der Waals surface area contributed by atoms with Crippen LogP contribution in [0.4, 0.5) is 0 Å². The summed E-state index contributed by atoms with van der Waals surface area (Å²) in [7, 11) is 0. The summed E-state index contributed by atoms with van der Waals surface area (Å²) in [4.78, 5) is 12.2. The third kappa shape index (κ3) is 2.23. The fourth-order valence-electron chi connectivity index (χ4n) is 1.92. The van der Waals surface area contributed by atoms with E-state index in [0.29, 0.717) is 24.3 Å². The van der Waals surface area contributed by atoms with Gasteiger partial charge in [-0.3, -0.25) is 4.79 Å². The number of carbonyl (C=O) groups is 1. The number of rotatable bonds is 0. The zero-order chi connectivity index (χ0) is 13.3. The van der Waals surface area contributed by atoms with Crippen molar-refractivity contribution in [3.8, 4) is 5.75 Å². The van der Waals surface area contributed by atoms with E-state index in [4.69, 9.17) is 9.94 Å². The Labute approximate surface area is 106 Å². The molecule has 0 saturated heterocycles. The summed E-state index contributed by atoms with van der Waals surface area (Å²) in [6.45, 7) is 6.60. The normalized spacial score (nSPS) is 18.2. The van der Waals surface area contributed by atoms with Crippen molar-refractivity contribution in [3.63, 3.8) is 0 Å². The number of hydrogen-bond donors (Lipinski definition) is 1. The quantitative estimate of drug-likeness (QED) is 0.566. The number of Topliss-reactive ketones (excluding diaryl/α,β-unsaturated/α-hetero) is 1. The molecule has 1 aliphatic rings. The Bertz CT molecular complexity index is 512. The van der Waals surface area contributed by atoms with Gasteiger partial charge in [0.15, 0.2) is 0 Å². The number of nitrogens with zero attached hydrogens (tertiary/aromatic N) is 1. The highest BCUT2D eigenvalue weighted by atomic mass is 16.5. The summed E-state index contributed by atoms with van der Waals surface area (Å²) in [6.07, 6.45) is 0.328. The minimum Gasteiger partial charge on any atom is -0.492 e. The van der Waals surface area contributed by atoms with Crippen LogP contribution in [-0.4, -0.2) is 23.3 Å². The molecule has 1 N–H and O–H groups in total. The third-order valence-electron chi connectivity index (χ3n) is 3.07. The van der Waals surface area contributed by atoms with Crippen molar-refractivity contribution >= 4 is 11.5 Å². The van der Waals surface area contributed by atoms with Crippen LogP contribution in [0.2, 0.25) is 0 Å². The second kappa shape index (κ2) is 4.44. The Balaban J connectivity index is 2.54. The summed E-state index contributed by atoms with van der Waals surface area (Å²) in [5.41, 5.74) is 1.64. The van der Waals surface area contributed by atoms with Crippen LogP contribution in [0.5, 0.6) is 5.75 Å². The van der Waals surface area contributed by atoms with E-state index in [2.05, 4.69) is 25.9 Å². The molecule has 96 valence electrons. The van der Waals surface area contributed by atoms with Crippen molar-refractivity contribution in [3.05, 3.63) is 29.3 Å². The maximum Gasteiger partial charge on any atom is 0.214 e. The number of ether oxygens (including phenoxy) is 1. The van der Waals surface area contributed by atoms with Gasteiger partial charge in [0.05, 0.1) is 12.2 Å². The van der Waals surface area contributed by atoms with Gasteiger partial charge in [-0.1, -0.05) is 32.0 Å². The van der Waals surface area contributed by atoms with Gasteiger partial charge in [-0.25, -0.2) is 0 Å². The molecule has 1 aliphatic heterocycles. The van der Waals surface area contributed by atoms with Gasteiger partial charge in [-0.05, 0) is 23.1 Å². The lowest BCUT2D eigenvalue weighted by Gasteiger charge is -2.20. The monoisotopic (exact) mass is 247 g/mol. The van der Waals surface area contributed by atoms with E-state index in [1.165, 1.54) is 0 Å². The number of carbonyl (C=O) groups excluding carboxylic acids is 1. The van der Waals surface area contributed by atoms with E-state index >= 15 is 0 Å². The summed E-state index contributed by atoms with van der Waals surface area (Å²) >= 11 is 0. The smallest absolute Gasteiger partial charge is 0.214 e. The number of benzene rings is 1. The van der Waals surface area contributed by atoms with Crippen LogP contribution in [0.1, 0.15) is 43.1 Å². The van der Waals surface area contributed by atoms with Gasteiger partial charge >= 0.3 is 0 Å². The summed E-state index contributed by atoms with van der Waals surface area (Å²) in [5.74, 6) is 0.308. The first kappa shape index (κ1) is 12.6. The van der Waals surface area contributed by atoms with E-state index in [0.717, 1.165) is 5.56 Å². The van der Waals surface area contributed by atoms with Gasteiger partial charge in [-0.15, -0.1) is 0 Å². The predicted octanol–water partition coefficient (Wildman–Crippen LogP) is 2.78. The molecule has 4 nitrogen and oxygen atoms in total. The Morgan fingerprint density at radius 1 is 1.33 bits per heavy atom. The van der Waals surface area contributed by atoms with Gasteiger partial charge in [0.1, 0.15) is 11.5 Å². The molecule has 0 saturated carbocycles. The fraction of sp³-hybridized carbons (Fsp3) is 0.429. The third-order valence-corrected chi connectivity index (χ3v) is 3.07. The highest BCUT2D eigenvalue weighted by Crippen LogP contribution is 2.30. The van der Waals surface area contributed by atoms with Crippen LogP contribution in [0, 0.1) is 0 Å². The SMILES string of the molecule is CC(C)(C)c1ccc2c(c1)C(=O)/C(=N\O)CCO2. The molecular formula is C14H17NO3. The van der Waals surface area contributed by atoms with Crippen LogP contribution in [0.15, 0.2) is 23.4 Å². The molecule has 0 spiro atoms. The summed E-state index contributed by atoms with van der Waals surface area (Å²) < 4.78 is 5.51. The minimum absolute atomic E-state index is 0.0435. The Morgan fingerprint density at radius 2 is 2.06 bits per heavy atom. The lowest BCUT2D eigenvalue weighted by atomic mass is 9.85. The van der Waals surface area contributed by atoms with Crippen molar-refractivity contribution in [2.75, 3.05) is 6.61 Å². The lowest BCUT2D eigenvalue weighted by Crippen LogP contribution is -2.16. The van der Waals surface area contributed by atoms with E-state index in [1.54, 1.807) is 0 Å². The molecule has 1 aromatic carbocycles. The average molecular weight is 247 g/mol. The van der Waals surface area contributed by atoms with Crippen molar-refractivity contribution < 1.29 is 14.7 Å². The van der Waals surface area contributed by atoms with Gasteiger partial charge in [0.2, 0.25) is 5.78 Å². The molecule has 0 radical (unpaired) electrons. The van der Waals surface area contributed by atoms with Gasteiger partial charge in [-0.2, -0.15) is 0 Å². The Hall–Kier alpha value is -1.84. The maximum absolute atomic E-state index is 12.2. The zero-order valence-corrected chi connectivity index (χ0v) is 10.9. The molecule has 0 unspecified atom stereocenters. The van der Waals surface area contributed by atoms with E-state index in [1.807, 2.05) is 18.2 Å². The van der Waals surface area contributed by atoms with Gasteiger partial charge in [0, 0.05) is 6.42 Å². The van der Waals surface area contributed by atoms with Crippen LogP contribution in [0.3, 0.4) is 0 Å². The highest BCUT2D eigenvalue weighted by Gasteiger charge is 2.25. The first-order valence-electron chi connectivity index (χ1n) is 5.96. The van der Waals surface area contributed by atoms with E-state index in [9.17, 15) is 4.79 Å². The molecule has 0 fully saturated rings. The number of ketones is 1. The average Bonchev–Trinajstić information content (AvgIpc) is 2.47. The zero-order valence-electron chi connectivity index (χ0n) is 10.9. The number of fused-ring (bicyclic) bond motifs is 1. The van der Waals surface area contributed by atoms with E-state index < -0.39 is 0 Å². The first-order valence-corrected chi connectivity index (χ1v) is 5.96. The fourth-order valence-corrected chi connectivity index (χ4v) is 1.92. The molecule has 0 bridgehead atoms. The largest absolute Gasteiger partial charge is 0.492 e.